The van der Waals surface area contributed by atoms with Crippen molar-refractivity contribution >= 4 is 5.71 Å². The number of benzene rings is 1. The van der Waals surface area contributed by atoms with Gasteiger partial charge in [-0.1, -0.05) is 18.7 Å². The second-order valence-corrected chi connectivity index (χ2v) is 3.02. The number of nitrogens with zero attached hydrogens (tertiary/aromatic N) is 1. The third-order valence-corrected chi connectivity index (χ3v) is 1.90. The van der Waals surface area contributed by atoms with Gasteiger partial charge in [-0.05, 0) is 30.7 Å². The molecule has 0 saturated carbocycles. The third kappa shape index (κ3) is 3.05. The molecule has 0 amide bonds. The van der Waals surface area contributed by atoms with Gasteiger partial charge in [0.15, 0.2) is 0 Å². The Hall–Kier alpha value is -1.57. The highest BCUT2D eigenvalue weighted by Crippen LogP contribution is 2.12. The highest BCUT2D eigenvalue weighted by Gasteiger charge is 1.95. The van der Waals surface area contributed by atoms with Crippen molar-refractivity contribution in [2.75, 3.05) is 13.7 Å². The summed E-state index contributed by atoms with van der Waals surface area (Å²) in [6.07, 6.45) is 1.70. The summed E-state index contributed by atoms with van der Waals surface area (Å²) in [4.78, 5) is 4.02. The molecule has 0 aliphatic rings. The average molecular weight is 189 g/mol. The van der Waals surface area contributed by atoms with E-state index in [1.807, 2.05) is 31.2 Å². The van der Waals surface area contributed by atoms with Crippen molar-refractivity contribution in [3.63, 3.8) is 0 Å². The van der Waals surface area contributed by atoms with Crippen molar-refractivity contribution in [3.8, 4) is 5.75 Å². The SMILES string of the molecule is C=CC(COc1cccc(C)c1)=NC. The van der Waals surface area contributed by atoms with Crippen LogP contribution >= 0.6 is 0 Å². The summed E-state index contributed by atoms with van der Waals surface area (Å²) in [6, 6.07) is 7.94. The Kier molecular flexibility index (Phi) is 3.92. The maximum absolute atomic E-state index is 5.53. The van der Waals surface area contributed by atoms with Crippen LogP contribution in [0.2, 0.25) is 0 Å². The Morgan fingerprint density at radius 3 is 2.93 bits per heavy atom. The fraction of sp³-hybridized carbons (Fsp3) is 0.250. The first-order valence-electron chi connectivity index (χ1n) is 4.54. The zero-order valence-corrected chi connectivity index (χ0v) is 8.66. The van der Waals surface area contributed by atoms with Crippen LogP contribution in [-0.4, -0.2) is 19.4 Å². The second-order valence-electron chi connectivity index (χ2n) is 3.02. The van der Waals surface area contributed by atoms with E-state index in [2.05, 4.69) is 11.6 Å². The lowest BCUT2D eigenvalue weighted by molar-refractivity contribution is 0.377. The van der Waals surface area contributed by atoms with Gasteiger partial charge in [-0.25, -0.2) is 0 Å². The van der Waals surface area contributed by atoms with Crippen LogP contribution in [0, 0.1) is 6.92 Å². The Labute approximate surface area is 84.9 Å². The molecule has 0 saturated heterocycles. The van der Waals surface area contributed by atoms with Crippen LogP contribution in [0.4, 0.5) is 0 Å². The first-order chi connectivity index (χ1) is 6.76. The quantitative estimate of drug-likeness (QED) is 0.667. The summed E-state index contributed by atoms with van der Waals surface area (Å²) >= 11 is 0. The summed E-state index contributed by atoms with van der Waals surface area (Å²) in [5, 5.41) is 0. The lowest BCUT2D eigenvalue weighted by Gasteiger charge is -2.05. The topological polar surface area (TPSA) is 21.6 Å². The lowest BCUT2D eigenvalue weighted by Crippen LogP contribution is -2.08. The van der Waals surface area contributed by atoms with Crippen LogP contribution in [-0.2, 0) is 0 Å². The zero-order valence-electron chi connectivity index (χ0n) is 8.66. The van der Waals surface area contributed by atoms with Gasteiger partial charge in [-0.15, -0.1) is 0 Å². The minimum Gasteiger partial charge on any atom is -0.487 e. The summed E-state index contributed by atoms with van der Waals surface area (Å²) < 4.78 is 5.53. The fourth-order valence-electron chi connectivity index (χ4n) is 1.08. The highest BCUT2D eigenvalue weighted by atomic mass is 16.5. The van der Waals surface area contributed by atoms with Crippen molar-refractivity contribution in [2.45, 2.75) is 6.92 Å². The van der Waals surface area contributed by atoms with E-state index >= 15 is 0 Å². The number of hydrogen-bond donors (Lipinski definition) is 0. The van der Waals surface area contributed by atoms with Gasteiger partial charge in [0, 0.05) is 7.05 Å². The van der Waals surface area contributed by atoms with E-state index in [0.717, 1.165) is 11.5 Å². The van der Waals surface area contributed by atoms with Crippen molar-refractivity contribution in [3.05, 3.63) is 42.5 Å². The Morgan fingerprint density at radius 2 is 2.36 bits per heavy atom. The molecular weight excluding hydrogens is 174 g/mol. The van der Waals surface area contributed by atoms with Gasteiger partial charge in [-0.2, -0.15) is 0 Å². The van der Waals surface area contributed by atoms with E-state index in [1.54, 1.807) is 13.1 Å². The molecule has 0 aliphatic heterocycles. The maximum Gasteiger partial charge on any atom is 0.130 e. The molecule has 1 aromatic carbocycles. The number of rotatable bonds is 4. The molecule has 0 spiro atoms. The van der Waals surface area contributed by atoms with Crippen LogP contribution in [0.3, 0.4) is 0 Å². The van der Waals surface area contributed by atoms with E-state index in [9.17, 15) is 0 Å². The van der Waals surface area contributed by atoms with Crippen LogP contribution in [0.5, 0.6) is 5.75 Å². The van der Waals surface area contributed by atoms with E-state index in [4.69, 9.17) is 4.74 Å². The molecule has 0 aromatic heterocycles. The molecule has 0 heterocycles. The number of aryl methyl sites for hydroxylation is 1. The summed E-state index contributed by atoms with van der Waals surface area (Å²) in [5.74, 6) is 0.869. The first kappa shape index (κ1) is 10.5. The van der Waals surface area contributed by atoms with Gasteiger partial charge < -0.3 is 4.74 Å². The Bertz CT molecular complexity index is 342. The normalized spacial score (nSPS) is 11.1. The summed E-state index contributed by atoms with van der Waals surface area (Å²) in [5.41, 5.74) is 2.04. The smallest absolute Gasteiger partial charge is 0.130 e. The van der Waals surface area contributed by atoms with E-state index < -0.39 is 0 Å². The van der Waals surface area contributed by atoms with Gasteiger partial charge in [0.1, 0.15) is 12.4 Å². The van der Waals surface area contributed by atoms with E-state index in [-0.39, 0.29) is 0 Å². The monoisotopic (exact) mass is 189 g/mol. The van der Waals surface area contributed by atoms with Gasteiger partial charge >= 0.3 is 0 Å². The Balaban J connectivity index is 2.57. The van der Waals surface area contributed by atoms with Gasteiger partial charge in [0.05, 0.1) is 5.71 Å². The molecule has 1 rings (SSSR count). The maximum atomic E-state index is 5.53. The molecule has 2 heteroatoms. The standard InChI is InChI=1S/C12H15NO/c1-4-11(13-3)9-14-12-7-5-6-10(2)8-12/h4-8H,1,9H2,2-3H3. The molecule has 74 valence electrons. The predicted molar refractivity (Wildman–Crippen MR) is 60.2 cm³/mol. The molecule has 14 heavy (non-hydrogen) atoms. The molecular formula is C12H15NO. The molecule has 0 N–H and O–H groups in total. The van der Waals surface area contributed by atoms with Crippen LogP contribution < -0.4 is 4.74 Å². The average Bonchev–Trinajstić information content (AvgIpc) is 2.19. The van der Waals surface area contributed by atoms with E-state index in [0.29, 0.717) is 6.61 Å². The zero-order chi connectivity index (χ0) is 10.4. The van der Waals surface area contributed by atoms with Crippen molar-refractivity contribution in [1.29, 1.82) is 0 Å². The van der Waals surface area contributed by atoms with Gasteiger partial charge in [-0.3, -0.25) is 4.99 Å². The molecule has 0 fully saturated rings. The van der Waals surface area contributed by atoms with Gasteiger partial charge in [0.25, 0.3) is 0 Å². The van der Waals surface area contributed by atoms with Gasteiger partial charge in [0.2, 0.25) is 0 Å². The first-order valence-corrected chi connectivity index (χ1v) is 4.54. The predicted octanol–water partition coefficient (Wildman–Crippen LogP) is 2.63. The molecule has 0 radical (unpaired) electrons. The van der Waals surface area contributed by atoms with E-state index in [1.165, 1.54) is 5.56 Å². The third-order valence-electron chi connectivity index (χ3n) is 1.90. The minimum absolute atomic E-state index is 0.476. The molecule has 0 aliphatic carbocycles. The second kappa shape index (κ2) is 5.22. The minimum atomic E-state index is 0.476. The van der Waals surface area contributed by atoms with Crippen molar-refractivity contribution < 1.29 is 4.74 Å². The molecule has 0 atom stereocenters. The Morgan fingerprint density at radius 1 is 1.57 bits per heavy atom. The molecule has 1 aromatic rings. The molecule has 0 unspecified atom stereocenters. The number of aliphatic imine (C=N–C) groups is 1. The van der Waals surface area contributed by atoms with Crippen LogP contribution in [0.25, 0.3) is 0 Å². The highest BCUT2D eigenvalue weighted by molar-refractivity contribution is 5.95. The van der Waals surface area contributed by atoms with Crippen LogP contribution in [0.15, 0.2) is 41.9 Å². The molecule has 0 bridgehead atoms. The van der Waals surface area contributed by atoms with Crippen molar-refractivity contribution in [2.24, 2.45) is 4.99 Å². The van der Waals surface area contributed by atoms with Crippen LogP contribution in [0.1, 0.15) is 5.56 Å². The van der Waals surface area contributed by atoms with Crippen molar-refractivity contribution in [1.82, 2.24) is 0 Å². The number of hydrogen-bond acceptors (Lipinski definition) is 2. The fourth-order valence-corrected chi connectivity index (χ4v) is 1.08. The lowest BCUT2D eigenvalue weighted by atomic mass is 10.2. The largest absolute Gasteiger partial charge is 0.487 e. The number of ether oxygens (including phenoxy) is 1. The summed E-state index contributed by atoms with van der Waals surface area (Å²) in [6.45, 7) is 6.16. The molecule has 2 nitrogen and oxygen atoms in total. The summed E-state index contributed by atoms with van der Waals surface area (Å²) in [7, 11) is 1.73.